The third-order valence-electron chi connectivity index (χ3n) is 2.48. The maximum atomic E-state index is 13.3. The Labute approximate surface area is 103 Å². The number of alkyl halides is 3. The van der Waals surface area contributed by atoms with Gasteiger partial charge in [0, 0.05) is 18.6 Å². The second kappa shape index (κ2) is 5.14. The van der Waals surface area contributed by atoms with E-state index < -0.39 is 23.0 Å². The minimum atomic E-state index is -4.50. The number of aliphatic hydroxyl groups excluding tert-OH is 1. The Hall–Kier alpha value is -1.30. The Morgan fingerprint density at radius 1 is 1.22 bits per heavy atom. The number of rotatable bonds is 4. The summed E-state index contributed by atoms with van der Waals surface area (Å²) >= 11 is 0. The van der Waals surface area contributed by atoms with Gasteiger partial charge in [-0.15, -0.1) is 0 Å². The van der Waals surface area contributed by atoms with Crippen LogP contribution in [0.1, 0.15) is 19.4 Å². The molecule has 0 amide bonds. The van der Waals surface area contributed by atoms with Gasteiger partial charge in [0.1, 0.15) is 5.82 Å². The summed E-state index contributed by atoms with van der Waals surface area (Å²) in [4.78, 5) is 0. The van der Waals surface area contributed by atoms with E-state index in [2.05, 4.69) is 5.32 Å². The topological polar surface area (TPSA) is 32.3 Å². The zero-order valence-corrected chi connectivity index (χ0v) is 10.1. The van der Waals surface area contributed by atoms with Crippen molar-refractivity contribution in [1.29, 1.82) is 0 Å². The lowest BCUT2D eigenvalue weighted by atomic mass is 9.95. The van der Waals surface area contributed by atoms with Crippen LogP contribution in [0.3, 0.4) is 0 Å². The number of anilines is 1. The number of halogens is 4. The van der Waals surface area contributed by atoms with E-state index in [0.717, 1.165) is 12.1 Å². The molecule has 1 rings (SSSR count). The molecule has 0 atom stereocenters. The molecule has 0 unspecified atom stereocenters. The smallest absolute Gasteiger partial charge is 0.396 e. The third-order valence-corrected chi connectivity index (χ3v) is 2.48. The van der Waals surface area contributed by atoms with E-state index in [1.165, 1.54) is 0 Å². The van der Waals surface area contributed by atoms with Gasteiger partial charge in [0.05, 0.1) is 11.3 Å². The van der Waals surface area contributed by atoms with Crippen molar-refractivity contribution in [3.63, 3.8) is 0 Å². The van der Waals surface area contributed by atoms with E-state index in [4.69, 9.17) is 5.11 Å². The second-order valence-electron chi connectivity index (χ2n) is 4.87. The zero-order valence-electron chi connectivity index (χ0n) is 10.1. The van der Waals surface area contributed by atoms with E-state index >= 15 is 0 Å². The second-order valence-corrected chi connectivity index (χ2v) is 4.87. The summed E-state index contributed by atoms with van der Waals surface area (Å²) in [5.41, 5.74) is -1.67. The van der Waals surface area contributed by atoms with Gasteiger partial charge in [-0.25, -0.2) is 4.39 Å². The van der Waals surface area contributed by atoms with Gasteiger partial charge in [-0.1, -0.05) is 13.8 Å². The number of benzene rings is 1. The van der Waals surface area contributed by atoms with E-state index in [9.17, 15) is 17.6 Å². The van der Waals surface area contributed by atoms with Crippen molar-refractivity contribution < 1.29 is 22.7 Å². The largest absolute Gasteiger partial charge is 0.416 e. The molecular formula is C12H15F4NO. The molecule has 102 valence electrons. The highest BCUT2D eigenvalue weighted by molar-refractivity contribution is 5.48. The molecular weight excluding hydrogens is 250 g/mol. The average Bonchev–Trinajstić information content (AvgIpc) is 2.26. The van der Waals surface area contributed by atoms with Crippen LogP contribution in [0.15, 0.2) is 18.2 Å². The SMILES string of the molecule is CC(C)(CO)CNc1cc(C(F)(F)F)ccc1F. The maximum absolute atomic E-state index is 13.3. The molecule has 0 fully saturated rings. The summed E-state index contributed by atoms with van der Waals surface area (Å²) in [6.45, 7) is 3.44. The van der Waals surface area contributed by atoms with Crippen LogP contribution in [0.5, 0.6) is 0 Å². The molecule has 2 nitrogen and oxygen atoms in total. The molecule has 18 heavy (non-hydrogen) atoms. The lowest BCUT2D eigenvalue weighted by Gasteiger charge is -2.23. The van der Waals surface area contributed by atoms with Crippen LogP contribution in [0, 0.1) is 11.2 Å². The first-order valence-electron chi connectivity index (χ1n) is 5.37. The van der Waals surface area contributed by atoms with Gasteiger partial charge >= 0.3 is 6.18 Å². The molecule has 0 bridgehead atoms. The fourth-order valence-electron chi connectivity index (χ4n) is 1.23. The monoisotopic (exact) mass is 265 g/mol. The van der Waals surface area contributed by atoms with Crippen molar-refractivity contribution in [3.8, 4) is 0 Å². The van der Waals surface area contributed by atoms with Gasteiger partial charge in [-0.05, 0) is 18.2 Å². The zero-order chi connectivity index (χ0) is 14.0. The van der Waals surface area contributed by atoms with Gasteiger partial charge in [-0.2, -0.15) is 13.2 Å². The number of nitrogens with one attached hydrogen (secondary N) is 1. The summed E-state index contributed by atoms with van der Waals surface area (Å²) in [6.07, 6.45) is -4.50. The van der Waals surface area contributed by atoms with Crippen LogP contribution in [0.25, 0.3) is 0 Å². The Bertz CT molecular complexity index is 415. The maximum Gasteiger partial charge on any atom is 0.416 e. The highest BCUT2D eigenvalue weighted by Crippen LogP contribution is 2.32. The average molecular weight is 265 g/mol. The summed E-state index contributed by atoms with van der Waals surface area (Å²) < 4.78 is 50.7. The lowest BCUT2D eigenvalue weighted by molar-refractivity contribution is -0.137. The van der Waals surface area contributed by atoms with E-state index in [0.29, 0.717) is 6.07 Å². The Kier molecular flexibility index (Phi) is 4.21. The van der Waals surface area contributed by atoms with Crippen molar-refractivity contribution >= 4 is 5.69 Å². The molecule has 0 saturated carbocycles. The van der Waals surface area contributed by atoms with Crippen molar-refractivity contribution in [2.45, 2.75) is 20.0 Å². The number of hydrogen-bond acceptors (Lipinski definition) is 2. The third kappa shape index (κ3) is 3.87. The fraction of sp³-hybridized carbons (Fsp3) is 0.500. The van der Waals surface area contributed by atoms with Gasteiger partial charge in [0.25, 0.3) is 0 Å². The molecule has 0 aliphatic heterocycles. The van der Waals surface area contributed by atoms with Gasteiger partial charge in [0.15, 0.2) is 0 Å². The summed E-state index contributed by atoms with van der Waals surface area (Å²) in [5.74, 6) is -0.753. The van der Waals surface area contributed by atoms with Crippen LogP contribution in [0.4, 0.5) is 23.2 Å². The van der Waals surface area contributed by atoms with E-state index in [-0.39, 0.29) is 18.8 Å². The highest BCUT2D eigenvalue weighted by atomic mass is 19.4. The Morgan fingerprint density at radius 3 is 2.33 bits per heavy atom. The van der Waals surface area contributed by atoms with Crippen molar-refractivity contribution in [3.05, 3.63) is 29.6 Å². The highest BCUT2D eigenvalue weighted by Gasteiger charge is 2.31. The molecule has 0 aliphatic rings. The van der Waals surface area contributed by atoms with Gasteiger partial charge in [0.2, 0.25) is 0 Å². The minimum Gasteiger partial charge on any atom is -0.396 e. The molecule has 0 heterocycles. The molecule has 0 saturated heterocycles. The Balaban J connectivity index is 2.89. The van der Waals surface area contributed by atoms with E-state index in [1.807, 2.05) is 0 Å². The van der Waals surface area contributed by atoms with Crippen LogP contribution >= 0.6 is 0 Å². The van der Waals surface area contributed by atoms with Crippen LogP contribution in [-0.4, -0.2) is 18.3 Å². The molecule has 0 radical (unpaired) electrons. The Morgan fingerprint density at radius 2 is 1.83 bits per heavy atom. The van der Waals surface area contributed by atoms with Crippen LogP contribution in [0.2, 0.25) is 0 Å². The molecule has 0 aliphatic carbocycles. The first-order valence-corrected chi connectivity index (χ1v) is 5.37. The first-order chi connectivity index (χ1) is 8.15. The number of aliphatic hydroxyl groups is 1. The van der Waals surface area contributed by atoms with E-state index in [1.54, 1.807) is 13.8 Å². The lowest BCUT2D eigenvalue weighted by Crippen LogP contribution is -2.27. The van der Waals surface area contributed by atoms with Gasteiger partial charge < -0.3 is 10.4 Å². The fourth-order valence-corrected chi connectivity index (χ4v) is 1.23. The molecule has 1 aromatic carbocycles. The first kappa shape index (κ1) is 14.8. The summed E-state index contributed by atoms with van der Waals surface area (Å²) in [7, 11) is 0. The quantitative estimate of drug-likeness (QED) is 0.819. The summed E-state index contributed by atoms with van der Waals surface area (Å²) in [5, 5.41) is 11.6. The summed E-state index contributed by atoms with van der Waals surface area (Å²) in [6, 6.07) is 2.19. The molecule has 6 heteroatoms. The molecule has 0 aromatic heterocycles. The predicted molar refractivity (Wildman–Crippen MR) is 60.8 cm³/mol. The van der Waals surface area contributed by atoms with Crippen molar-refractivity contribution in [1.82, 2.24) is 0 Å². The molecule has 0 spiro atoms. The molecule has 2 N–H and O–H groups in total. The van der Waals surface area contributed by atoms with Crippen LogP contribution < -0.4 is 5.32 Å². The standard InChI is InChI=1S/C12H15F4NO/c1-11(2,7-18)6-17-10-5-8(12(14,15)16)3-4-9(10)13/h3-5,17-18H,6-7H2,1-2H3. The van der Waals surface area contributed by atoms with Gasteiger partial charge in [-0.3, -0.25) is 0 Å². The number of hydrogen-bond donors (Lipinski definition) is 2. The predicted octanol–water partition coefficient (Wildman–Crippen LogP) is 3.27. The van der Waals surface area contributed by atoms with Crippen molar-refractivity contribution in [2.75, 3.05) is 18.5 Å². The molecule has 1 aromatic rings. The van der Waals surface area contributed by atoms with Crippen LogP contribution in [-0.2, 0) is 6.18 Å². The minimum absolute atomic E-state index is 0.152. The normalized spacial score (nSPS) is 12.6. The van der Waals surface area contributed by atoms with Crippen molar-refractivity contribution in [2.24, 2.45) is 5.41 Å².